The third-order valence-electron chi connectivity index (χ3n) is 6.21. The van der Waals surface area contributed by atoms with Gasteiger partial charge in [0.05, 0.1) is 27.6 Å². The van der Waals surface area contributed by atoms with E-state index in [1.54, 1.807) is 0 Å². The number of nitrogens with zero attached hydrogens (tertiary/aromatic N) is 1. The lowest BCUT2D eigenvalue weighted by molar-refractivity contribution is -0.875. The third kappa shape index (κ3) is 18.6. The number of aliphatic carboxylic acids is 1. The highest BCUT2D eigenvalue weighted by Crippen LogP contribution is 2.20. The number of carboxylic acid groups (broad SMARTS) is 1. The zero-order valence-corrected chi connectivity index (χ0v) is 21.8. The minimum absolute atomic E-state index is 0.122. The lowest BCUT2D eigenvalue weighted by Gasteiger charge is -2.33. The van der Waals surface area contributed by atoms with Gasteiger partial charge in [0, 0.05) is 6.42 Å². The van der Waals surface area contributed by atoms with Gasteiger partial charge in [0.2, 0.25) is 0 Å². The molecule has 5 heteroatoms. The average molecular weight is 457 g/mol. The standard InChI is InChI=1S/C27H53NO4/c1-5-6-7-8-9-10-11-12-13-14-15-16-17-18-19-20-21-22-25(29)27(32,23-26(30)31)24-28(2,3)4/h32H,5-24H2,1-4H3/p+1/t27-/m1/s1. The molecular weight excluding hydrogens is 402 g/mol. The molecular formula is C27H54NO4+. The van der Waals surface area contributed by atoms with Crippen molar-refractivity contribution in [3.05, 3.63) is 0 Å². The van der Waals surface area contributed by atoms with E-state index in [4.69, 9.17) is 5.11 Å². The zero-order valence-electron chi connectivity index (χ0n) is 21.8. The van der Waals surface area contributed by atoms with Crippen molar-refractivity contribution in [3.8, 4) is 0 Å². The van der Waals surface area contributed by atoms with E-state index in [1.807, 2.05) is 21.1 Å². The van der Waals surface area contributed by atoms with E-state index in [0.717, 1.165) is 19.3 Å². The SMILES string of the molecule is CCCCCCCCCCCCCCCCCCCC(=O)[C@@](O)(CC(=O)O)C[N+](C)(C)C. The summed E-state index contributed by atoms with van der Waals surface area (Å²) in [4.78, 5) is 23.6. The molecule has 0 saturated heterocycles. The van der Waals surface area contributed by atoms with E-state index in [9.17, 15) is 14.7 Å². The summed E-state index contributed by atoms with van der Waals surface area (Å²) in [5.41, 5.74) is -1.76. The molecule has 0 aliphatic rings. The largest absolute Gasteiger partial charge is 0.481 e. The molecule has 0 aromatic carbocycles. The fraction of sp³-hybridized carbons (Fsp3) is 0.926. The number of hydrogen-bond acceptors (Lipinski definition) is 3. The summed E-state index contributed by atoms with van der Waals surface area (Å²) < 4.78 is 0.356. The van der Waals surface area contributed by atoms with E-state index in [0.29, 0.717) is 4.48 Å². The number of hydrogen-bond donors (Lipinski definition) is 2. The van der Waals surface area contributed by atoms with Crippen molar-refractivity contribution in [2.45, 2.75) is 135 Å². The Morgan fingerprint density at radius 3 is 1.31 bits per heavy atom. The maximum absolute atomic E-state index is 12.5. The first-order valence-electron chi connectivity index (χ1n) is 13.4. The van der Waals surface area contributed by atoms with Gasteiger partial charge in [-0.05, 0) is 6.42 Å². The summed E-state index contributed by atoms with van der Waals surface area (Å²) in [6.45, 7) is 2.39. The molecule has 0 heterocycles. The molecule has 0 unspecified atom stereocenters. The van der Waals surface area contributed by atoms with E-state index in [-0.39, 0.29) is 18.7 Å². The van der Waals surface area contributed by atoms with Crippen LogP contribution in [0.15, 0.2) is 0 Å². The second kappa shape index (κ2) is 18.5. The highest BCUT2D eigenvalue weighted by molar-refractivity contribution is 5.90. The van der Waals surface area contributed by atoms with Gasteiger partial charge in [-0.25, -0.2) is 0 Å². The topological polar surface area (TPSA) is 74.6 Å². The molecule has 190 valence electrons. The minimum atomic E-state index is -1.76. The van der Waals surface area contributed by atoms with Crippen molar-refractivity contribution in [1.82, 2.24) is 0 Å². The number of carbonyl (C=O) groups excluding carboxylic acids is 1. The molecule has 1 atom stereocenters. The summed E-state index contributed by atoms with van der Waals surface area (Å²) in [5, 5.41) is 19.8. The fourth-order valence-corrected chi connectivity index (χ4v) is 4.52. The van der Waals surface area contributed by atoms with Crippen LogP contribution in [0.25, 0.3) is 0 Å². The first kappa shape index (κ1) is 31.1. The third-order valence-corrected chi connectivity index (χ3v) is 6.21. The van der Waals surface area contributed by atoms with Crippen molar-refractivity contribution in [2.75, 3.05) is 27.7 Å². The Labute approximate surface area is 198 Å². The predicted molar refractivity (Wildman–Crippen MR) is 134 cm³/mol. The zero-order chi connectivity index (χ0) is 24.3. The van der Waals surface area contributed by atoms with Crippen LogP contribution >= 0.6 is 0 Å². The fourth-order valence-electron chi connectivity index (χ4n) is 4.52. The molecule has 0 spiro atoms. The molecule has 0 radical (unpaired) electrons. The lowest BCUT2D eigenvalue weighted by Crippen LogP contribution is -2.54. The average Bonchev–Trinajstić information content (AvgIpc) is 2.68. The van der Waals surface area contributed by atoms with Crippen molar-refractivity contribution < 1.29 is 24.3 Å². The van der Waals surface area contributed by atoms with Crippen molar-refractivity contribution in [2.24, 2.45) is 0 Å². The van der Waals surface area contributed by atoms with Crippen LogP contribution in [0, 0.1) is 0 Å². The molecule has 0 fully saturated rings. The normalized spacial score (nSPS) is 13.8. The Morgan fingerprint density at radius 2 is 1.00 bits per heavy atom. The minimum Gasteiger partial charge on any atom is -0.481 e. The molecule has 0 aromatic rings. The number of unbranched alkanes of at least 4 members (excludes halogenated alkanes) is 16. The van der Waals surface area contributed by atoms with Crippen molar-refractivity contribution in [1.29, 1.82) is 0 Å². The van der Waals surface area contributed by atoms with Gasteiger partial charge >= 0.3 is 5.97 Å². The highest BCUT2D eigenvalue weighted by atomic mass is 16.4. The van der Waals surface area contributed by atoms with Crippen LogP contribution in [0.1, 0.15) is 129 Å². The molecule has 0 rings (SSSR count). The number of rotatable bonds is 23. The van der Waals surface area contributed by atoms with Crippen LogP contribution < -0.4 is 0 Å². The first-order chi connectivity index (χ1) is 15.1. The highest BCUT2D eigenvalue weighted by Gasteiger charge is 2.42. The van der Waals surface area contributed by atoms with E-state index >= 15 is 0 Å². The summed E-state index contributed by atoms with van der Waals surface area (Å²) in [6.07, 6.45) is 21.6. The van der Waals surface area contributed by atoms with Crippen LogP contribution in [0.3, 0.4) is 0 Å². The Hall–Kier alpha value is -0.940. The number of likely N-dealkylation sites (N-methyl/N-ethyl adjacent to an activating group) is 1. The van der Waals surface area contributed by atoms with E-state index in [2.05, 4.69) is 6.92 Å². The summed E-state index contributed by atoms with van der Waals surface area (Å²) in [7, 11) is 5.57. The summed E-state index contributed by atoms with van der Waals surface area (Å²) in [6, 6.07) is 0. The van der Waals surface area contributed by atoms with Gasteiger partial charge in [-0.3, -0.25) is 9.59 Å². The number of carboxylic acids is 1. The lowest BCUT2D eigenvalue weighted by atomic mass is 9.89. The molecule has 0 aliphatic carbocycles. The molecule has 5 nitrogen and oxygen atoms in total. The van der Waals surface area contributed by atoms with Crippen LogP contribution in [-0.4, -0.2) is 59.7 Å². The Bertz CT molecular complexity index is 487. The van der Waals surface area contributed by atoms with Crippen LogP contribution in [0.2, 0.25) is 0 Å². The monoisotopic (exact) mass is 456 g/mol. The van der Waals surface area contributed by atoms with Gasteiger partial charge in [-0.1, -0.05) is 110 Å². The summed E-state index contributed by atoms with van der Waals surface area (Å²) in [5.74, 6) is -1.45. The molecule has 0 amide bonds. The number of carbonyl (C=O) groups is 2. The molecule has 0 aliphatic heterocycles. The smallest absolute Gasteiger partial charge is 0.306 e. The predicted octanol–water partition coefficient (Wildman–Crippen LogP) is 6.51. The van der Waals surface area contributed by atoms with Gasteiger partial charge in [-0.2, -0.15) is 0 Å². The number of aliphatic hydroxyl groups is 1. The quantitative estimate of drug-likeness (QED) is 0.136. The Kier molecular flexibility index (Phi) is 17.9. The van der Waals surface area contributed by atoms with Gasteiger partial charge in [0.15, 0.2) is 11.4 Å². The van der Waals surface area contributed by atoms with Gasteiger partial charge in [-0.15, -0.1) is 0 Å². The van der Waals surface area contributed by atoms with Crippen LogP contribution in [0.5, 0.6) is 0 Å². The Balaban J connectivity index is 3.66. The van der Waals surface area contributed by atoms with Crippen LogP contribution in [0.4, 0.5) is 0 Å². The molecule has 32 heavy (non-hydrogen) atoms. The van der Waals surface area contributed by atoms with Gasteiger partial charge in [0.25, 0.3) is 0 Å². The maximum atomic E-state index is 12.5. The number of ketones is 1. The number of quaternary nitrogens is 1. The van der Waals surface area contributed by atoms with Gasteiger partial charge < -0.3 is 14.7 Å². The molecule has 0 aromatic heterocycles. The van der Waals surface area contributed by atoms with E-state index in [1.165, 1.54) is 89.9 Å². The van der Waals surface area contributed by atoms with Gasteiger partial charge in [0.1, 0.15) is 6.54 Å². The van der Waals surface area contributed by atoms with Crippen LogP contribution in [-0.2, 0) is 9.59 Å². The second-order valence-electron chi connectivity index (χ2n) is 10.9. The molecule has 2 N–H and O–H groups in total. The first-order valence-corrected chi connectivity index (χ1v) is 13.4. The van der Waals surface area contributed by atoms with E-state index < -0.39 is 18.0 Å². The van der Waals surface area contributed by atoms with Crippen molar-refractivity contribution >= 4 is 11.8 Å². The summed E-state index contributed by atoms with van der Waals surface area (Å²) >= 11 is 0. The Morgan fingerprint density at radius 1 is 0.656 bits per heavy atom. The molecule has 0 bridgehead atoms. The number of Topliss-reactive ketones (excluding diaryl/α,β-unsaturated/α-hetero) is 1. The molecule has 0 saturated carbocycles. The second-order valence-corrected chi connectivity index (χ2v) is 10.9. The maximum Gasteiger partial charge on any atom is 0.306 e. The van der Waals surface area contributed by atoms with Crippen molar-refractivity contribution in [3.63, 3.8) is 0 Å².